The molecule has 28 heavy (non-hydrogen) atoms. The number of aryl methyl sites for hydroxylation is 2. The maximum atomic E-state index is 12.8. The number of nitrogens with one attached hydrogen (secondary N) is 1. The molecule has 1 aliphatic carbocycles. The highest BCUT2D eigenvalue weighted by Gasteiger charge is 2.40. The Labute approximate surface area is 164 Å². The smallest absolute Gasteiger partial charge is 0.262 e. The fraction of sp³-hybridized carbons (Fsp3) is 0.348. The van der Waals surface area contributed by atoms with Crippen molar-refractivity contribution in [3.05, 3.63) is 70.3 Å². The zero-order valence-electron chi connectivity index (χ0n) is 16.2. The van der Waals surface area contributed by atoms with Crippen molar-refractivity contribution in [2.75, 3.05) is 0 Å². The largest absolute Gasteiger partial charge is 0.348 e. The summed E-state index contributed by atoms with van der Waals surface area (Å²) in [5.41, 5.74) is 4.51. The van der Waals surface area contributed by atoms with Crippen LogP contribution in [0.4, 0.5) is 0 Å². The highest BCUT2D eigenvalue weighted by Crippen LogP contribution is 2.26. The van der Waals surface area contributed by atoms with Gasteiger partial charge in [-0.15, -0.1) is 0 Å². The summed E-state index contributed by atoms with van der Waals surface area (Å²) in [6.07, 6.45) is 4.63. The summed E-state index contributed by atoms with van der Waals surface area (Å²) in [6, 6.07) is 12.0. The molecule has 0 radical (unpaired) electrons. The minimum Gasteiger partial charge on any atom is -0.348 e. The molecular weight excluding hydrogens is 352 g/mol. The molecule has 0 fully saturated rings. The number of benzene rings is 2. The van der Waals surface area contributed by atoms with Gasteiger partial charge in [0, 0.05) is 0 Å². The van der Waals surface area contributed by atoms with Crippen LogP contribution < -0.4 is 5.32 Å². The second kappa shape index (κ2) is 7.23. The molecular formula is C23H24N2O3. The maximum absolute atomic E-state index is 12.8. The number of rotatable bonds is 4. The second-order valence-corrected chi connectivity index (χ2v) is 7.67. The first-order valence-electron chi connectivity index (χ1n) is 9.86. The Morgan fingerprint density at radius 2 is 1.54 bits per heavy atom. The van der Waals surface area contributed by atoms with E-state index in [-0.39, 0.29) is 11.9 Å². The Hall–Kier alpha value is -2.95. The third kappa shape index (κ3) is 3.11. The Kier molecular flexibility index (Phi) is 4.75. The molecule has 0 saturated heterocycles. The zero-order chi connectivity index (χ0) is 19.8. The Balaban J connectivity index is 1.48. The lowest BCUT2D eigenvalue weighted by atomic mass is 9.89. The van der Waals surface area contributed by atoms with Crippen molar-refractivity contribution < 1.29 is 14.4 Å². The molecule has 1 heterocycles. The van der Waals surface area contributed by atoms with E-state index in [0.717, 1.165) is 23.3 Å². The molecule has 2 atom stereocenters. The summed E-state index contributed by atoms with van der Waals surface area (Å²) in [4.78, 5) is 39.0. The van der Waals surface area contributed by atoms with Crippen LogP contribution in [0.3, 0.4) is 0 Å². The molecule has 1 N–H and O–H groups in total. The number of hydrogen-bond donors (Lipinski definition) is 1. The third-order valence-electron chi connectivity index (χ3n) is 5.82. The number of carbonyl (C=O) groups is 3. The van der Waals surface area contributed by atoms with Crippen LogP contribution in [0.2, 0.25) is 0 Å². The molecule has 0 saturated carbocycles. The molecule has 3 amide bonds. The van der Waals surface area contributed by atoms with Crippen molar-refractivity contribution in [1.82, 2.24) is 10.2 Å². The van der Waals surface area contributed by atoms with Crippen LogP contribution in [0.1, 0.15) is 70.1 Å². The molecule has 5 nitrogen and oxygen atoms in total. The maximum Gasteiger partial charge on any atom is 0.262 e. The first-order chi connectivity index (χ1) is 13.5. The molecule has 4 rings (SSSR count). The Morgan fingerprint density at radius 3 is 2.18 bits per heavy atom. The summed E-state index contributed by atoms with van der Waals surface area (Å²) in [7, 11) is 0. The average molecular weight is 376 g/mol. The predicted molar refractivity (Wildman–Crippen MR) is 106 cm³/mol. The fourth-order valence-electron chi connectivity index (χ4n) is 4.12. The van der Waals surface area contributed by atoms with Crippen LogP contribution in [0.15, 0.2) is 42.5 Å². The highest BCUT2D eigenvalue weighted by molar-refractivity contribution is 6.22. The molecule has 0 aromatic heterocycles. The fourth-order valence-corrected chi connectivity index (χ4v) is 4.12. The molecule has 2 aromatic carbocycles. The first-order valence-corrected chi connectivity index (χ1v) is 9.86. The minimum absolute atomic E-state index is 0.197. The molecule has 2 aromatic rings. The lowest BCUT2D eigenvalue weighted by Gasteiger charge is -2.25. The van der Waals surface area contributed by atoms with Gasteiger partial charge in [0.05, 0.1) is 17.2 Å². The summed E-state index contributed by atoms with van der Waals surface area (Å²) in [6.45, 7) is 3.52. The van der Waals surface area contributed by atoms with E-state index in [1.165, 1.54) is 24.0 Å². The van der Waals surface area contributed by atoms with Gasteiger partial charge in [0.25, 0.3) is 11.8 Å². The summed E-state index contributed by atoms with van der Waals surface area (Å²) >= 11 is 0. The SMILES string of the molecule is C[C@@H](NC(=O)[C@H](C)N1C(=O)c2ccccc2C1=O)c1ccc2c(c1)CCCC2. The average Bonchev–Trinajstić information content (AvgIpc) is 2.97. The van der Waals surface area contributed by atoms with E-state index in [2.05, 4.69) is 23.5 Å². The first kappa shape index (κ1) is 18.4. The van der Waals surface area contributed by atoms with Gasteiger partial charge < -0.3 is 5.32 Å². The summed E-state index contributed by atoms with van der Waals surface area (Å²) < 4.78 is 0. The van der Waals surface area contributed by atoms with Crippen LogP contribution in [0.25, 0.3) is 0 Å². The van der Waals surface area contributed by atoms with Gasteiger partial charge in [0.15, 0.2) is 0 Å². The molecule has 0 unspecified atom stereocenters. The molecule has 0 spiro atoms. The molecule has 144 valence electrons. The van der Waals surface area contributed by atoms with Crippen LogP contribution in [0.5, 0.6) is 0 Å². The number of carbonyl (C=O) groups excluding carboxylic acids is 3. The standard InChI is InChI=1S/C23H24N2O3/c1-14(17-12-11-16-7-3-4-8-18(16)13-17)24-21(26)15(2)25-22(27)19-9-5-6-10-20(19)23(25)28/h5-6,9-15H,3-4,7-8H2,1-2H3,(H,24,26)/t14-,15+/m1/s1. The van der Waals surface area contributed by atoms with Crippen molar-refractivity contribution in [2.45, 2.75) is 51.6 Å². The minimum atomic E-state index is -0.868. The van der Waals surface area contributed by atoms with Gasteiger partial charge in [0.2, 0.25) is 5.91 Å². The van der Waals surface area contributed by atoms with E-state index in [9.17, 15) is 14.4 Å². The number of amides is 3. The van der Waals surface area contributed by atoms with Gasteiger partial charge in [-0.05, 0) is 68.4 Å². The zero-order valence-corrected chi connectivity index (χ0v) is 16.2. The lowest BCUT2D eigenvalue weighted by molar-refractivity contribution is -0.125. The van der Waals surface area contributed by atoms with Crippen molar-refractivity contribution in [3.63, 3.8) is 0 Å². The van der Waals surface area contributed by atoms with Crippen LogP contribution in [-0.2, 0) is 17.6 Å². The monoisotopic (exact) mass is 376 g/mol. The number of hydrogen-bond acceptors (Lipinski definition) is 3. The highest BCUT2D eigenvalue weighted by atomic mass is 16.2. The summed E-state index contributed by atoms with van der Waals surface area (Å²) in [5.74, 6) is -1.16. The molecule has 5 heteroatoms. The van der Waals surface area contributed by atoms with Crippen molar-refractivity contribution in [2.24, 2.45) is 0 Å². The Bertz CT molecular complexity index is 931. The van der Waals surface area contributed by atoms with Gasteiger partial charge >= 0.3 is 0 Å². The van der Waals surface area contributed by atoms with Crippen molar-refractivity contribution in [3.8, 4) is 0 Å². The van der Waals surface area contributed by atoms with Crippen LogP contribution >= 0.6 is 0 Å². The van der Waals surface area contributed by atoms with E-state index in [1.807, 2.05) is 6.92 Å². The van der Waals surface area contributed by atoms with E-state index >= 15 is 0 Å². The second-order valence-electron chi connectivity index (χ2n) is 7.67. The van der Waals surface area contributed by atoms with Crippen molar-refractivity contribution in [1.29, 1.82) is 0 Å². The van der Waals surface area contributed by atoms with E-state index in [4.69, 9.17) is 0 Å². The topological polar surface area (TPSA) is 66.5 Å². The predicted octanol–water partition coefficient (Wildman–Crippen LogP) is 3.43. The molecule has 1 aliphatic heterocycles. The van der Waals surface area contributed by atoms with Crippen molar-refractivity contribution >= 4 is 17.7 Å². The van der Waals surface area contributed by atoms with Gasteiger partial charge in [-0.2, -0.15) is 0 Å². The third-order valence-corrected chi connectivity index (χ3v) is 5.82. The van der Waals surface area contributed by atoms with Gasteiger partial charge in [-0.1, -0.05) is 30.3 Å². The number of nitrogens with zero attached hydrogens (tertiary/aromatic N) is 1. The number of imide groups is 1. The van der Waals surface area contributed by atoms with E-state index in [1.54, 1.807) is 31.2 Å². The van der Waals surface area contributed by atoms with Gasteiger partial charge in [-0.25, -0.2) is 0 Å². The van der Waals surface area contributed by atoms with Gasteiger partial charge in [-0.3, -0.25) is 19.3 Å². The van der Waals surface area contributed by atoms with Gasteiger partial charge in [0.1, 0.15) is 6.04 Å². The number of fused-ring (bicyclic) bond motifs is 2. The van der Waals surface area contributed by atoms with E-state index < -0.39 is 17.9 Å². The van der Waals surface area contributed by atoms with E-state index in [0.29, 0.717) is 11.1 Å². The lowest BCUT2D eigenvalue weighted by Crippen LogP contribution is -2.48. The molecule has 0 bridgehead atoms. The summed E-state index contributed by atoms with van der Waals surface area (Å²) in [5, 5.41) is 2.96. The normalized spacial score (nSPS) is 17.7. The van der Waals surface area contributed by atoms with Crippen LogP contribution in [-0.4, -0.2) is 28.7 Å². The molecule has 2 aliphatic rings. The quantitative estimate of drug-likeness (QED) is 0.832. The van der Waals surface area contributed by atoms with Crippen LogP contribution in [0, 0.1) is 0 Å². The Morgan fingerprint density at radius 1 is 0.929 bits per heavy atom.